The summed E-state index contributed by atoms with van der Waals surface area (Å²) in [5, 5.41) is 0.104. The van der Waals surface area contributed by atoms with Gasteiger partial charge in [-0.05, 0) is 42.8 Å². The smallest absolute Gasteiger partial charge is 0.216 e. The van der Waals surface area contributed by atoms with Crippen LogP contribution in [0.2, 0.25) is 0 Å². The highest BCUT2D eigenvalue weighted by Gasteiger charge is 2.03. The van der Waals surface area contributed by atoms with E-state index >= 15 is 0 Å². The summed E-state index contributed by atoms with van der Waals surface area (Å²) >= 11 is 1.27. The molecule has 0 atom stereocenters. The van der Waals surface area contributed by atoms with Gasteiger partial charge in [0, 0.05) is 4.90 Å². The maximum Gasteiger partial charge on any atom is 0.216 e. The Morgan fingerprint density at radius 2 is 1.87 bits per heavy atom. The molecule has 1 aromatic carbocycles. The van der Waals surface area contributed by atoms with Gasteiger partial charge in [-0.2, -0.15) is 0 Å². The molecule has 0 aliphatic rings. The number of benzene rings is 1. The van der Waals surface area contributed by atoms with Crippen LogP contribution in [-0.2, 0) is 4.79 Å². The second-order valence-electron chi connectivity index (χ2n) is 3.78. The first-order valence-electron chi connectivity index (χ1n) is 5.04. The Hall–Kier alpha value is -1.02. The van der Waals surface area contributed by atoms with Crippen molar-refractivity contribution in [3.8, 4) is 0 Å². The summed E-state index contributed by atoms with van der Waals surface area (Å²) in [6, 6.07) is 9.72. The van der Waals surface area contributed by atoms with Gasteiger partial charge >= 0.3 is 0 Å². The van der Waals surface area contributed by atoms with E-state index in [4.69, 9.17) is 0 Å². The molecule has 0 aliphatic carbocycles. The topological polar surface area (TPSA) is 17.1 Å². The average Bonchev–Trinajstić information content (AvgIpc) is 2.18. The standard InChI is InChI=1S/C13H16OS/c1-10(2)11(3)9-13(14)15-12-7-5-4-6-8-12/h4-10H,1-3H3/b11-9+. The van der Waals surface area contributed by atoms with Gasteiger partial charge in [0.2, 0.25) is 5.12 Å². The predicted molar refractivity (Wildman–Crippen MR) is 65.9 cm³/mol. The molecule has 0 unspecified atom stereocenters. The minimum atomic E-state index is 0.104. The second-order valence-corrected chi connectivity index (χ2v) is 4.86. The van der Waals surface area contributed by atoms with E-state index in [1.807, 2.05) is 37.3 Å². The first-order chi connectivity index (χ1) is 7.09. The lowest BCUT2D eigenvalue weighted by Crippen LogP contribution is -1.93. The Labute approximate surface area is 95.6 Å². The number of thioether (sulfide) groups is 1. The highest BCUT2D eigenvalue weighted by molar-refractivity contribution is 8.14. The Morgan fingerprint density at radius 1 is 1.27 bits per heavy atom. The van der Waals surface area contributed by atoms with Crippen molar-refractivity contribution >= 4 is 16.9 Å². The highest BCUT2D eigenvalue weighted by atomic mass is 32.2. The van der Waals surface area contributed by atoms with Gasteiger partial charge in [0.1, 0.15) is 0 Å². The molecule has 80 valence electrons. The molecular weight excluding hydrogens is 204 g/mol. The first-order valence-corrected chi connectivity index (χ1v) is 5.86. The third-order valence-corrected chi connectivity index (χ3v) is 3.04. The van der Waals surface area contributed by atoms with Crippen LogP contribution in [0.25, 0.3) is 0 Å². The lowest BCUT2D eigenvalue weighted by molar-refractivity contribution is -0.107. The number of hydrogen-bond acceptors (Lipinski definition) is 2. The number of carbonyl (C=O) groups is 1. The Bertz CT molecular complexity index is 352. The van der Waals surface area contributed by atoms with Crippen molar-refractivity contribution in [3.63, 3.8) is 0 Å². The van der Waals surface area contributed by atoms with Crippen LogP contribution in [0.15, 0.2) is 46.9 Å². The van der Waals surface area contributed by atoms with Gasteiger partial charge in [-0.15, -0.1) is 0 Å². The van der Waals surface area contributed by atoms with Gasteiger partial charge in [-0.1, -0.05) is 37.6 Å². The molecule has 0 fully saturated rings. The molecule has 0 heterocycles. The van der Waals surface area contributed by atoms with Gasteiger partial charge in [0.15, 0.2) is 0 Å². The average molecular weight is 220 g/mol. The van der Waals surface area contributed by atoms with E-state index in [-0.39, 0.29) is 5.12 Å². The van der Waals surface area contributed by atoms with Gasteiger partial charge in [0.25, 0.3) is 0 Å². The molecule has 0 bridgehead atoms. The third kappa shape index (κ3) is 4.34. The molecule has 0 saturated heterocycles. The summed E-state index contributed by atoms with van der Waals surface area (Å²) in [7, 11) is 0. The maximum absolute atomic E-state index is 11.6. The molecule has 2 heteroatoms. The van der Waals surface area contributed by atoms with E-state index in [2.05, 4.69) is 13.8 Å². The van der Waals surface area contributed by atoms with E-state index in [9.17, 15) is 4.79 Å². The number of allylic oxidation sites excluding steroid dienone is 1. The second kappa shape index (κ2) is 5.76. The van der Waals surface area contributed by atoms with E-state index in [0.29, 0.717) is 5.92 Å². The molecule has 1 rings (SSSR count). The molecule has 15 heavy (non-hydrogen) atoms. The first kappa shape index (κ1) is 12.1. The fourth-order valence-electron chi connectivity index (χ4n) is 0.987. The van der Waals surface area contributed by atoms with Gasteiger partial charge in [-0.3, -0.25) is 4.79 Å². The minimum Gasteiger partial charge on any atom is -0.282 e. The minimum absolute atomic E-state index is 0.104. The summed E-state index contributed by atoms with van der Waals surface area (Å²) < 4.78 is 0. The summed E-state index contributed by atoms with van der Waals surface area (Å²) in [5.74, 6) is 0.435. The summed E-state index contributed by atoms with van der Waals surface area (Å²) in [6.07, 6.45) is 1.72. The van der Waals surface area contributed by atoms with Crippen molar-refractivity contribution in [2.75, 3.05) is 0 Å². The number of rotatable bonds is 3. The van der Waals surface area contributed by atoms with Crippen molar-refractivity contribution in [2.45, 2.75) is 25.7 Å². The Kier molecular flexibility index (Phi) is 4.63. The van der Waals surface area contributed by atoms with Crippen LogP contribution < -0.4 is 0 Å². The number of carbonyl (C=O) groups excluding carboxylic acids is 1. The normalized spacial score (nSPS) is 11.9. The lowest BCUT2D eigenvalue weighted by Gasteiger charge is -2.03. The van der Waals surface area contributed by atoms with Crippen molar-refractivity contribution in [1.82, 2.24) is 0 Å². The van der Waals surface area contributed by atoms with E-state index in [1.54, 1.807) is 6.08 Å². The molecule has 0 saturated carbocycles. The summed E-state index contributed by atoms with van der Waals surface area (Å²) in [5.41, 5.74) is 1.13. The molecule has 1 nitrogen and oxygen atoms in total. The van der Waals surface area contributed by atoms with Crippen LogP contribution in [0, 0.1) is 5.92 Å². The zero-order valence-electron chi connectivity index (χ0n) is 9.36. The van der Waals surface area contributed by atoms with Crippen LogP contribution in [0.4, 0.5) is 0 Å². The van der Waals surface area contributed by atoms with Crippen LogP contribution in [0.5, 0.6) is 0 Å². The van der Waals surface area contributed by atoms with Crippen LogP contribution in [0.3, 0.4) is 0 Å². The molecule has 0 amide bonds. The Balaban J connectivity index is 2.61. The quantitative estimate of drug-likeness (QED) is 0.567. The van der Waals surface area contributed by atoms with Gasteiger partial charge < -0.3 is 0 Å². The van der Waals surface area contributed by atoms with Crippen LogP contribution in [0.1, 0.15) is 20.8 Å². The molecular formula is C13H16OS. The molecule has 0 radical (unpaired) electrons. The predicted octanol–water partition coefficient (Wildman–Crippen LogP) is 3.91. The Morgan fingerprint density at radius 3 is 2.40 bits per heavy atom. The SMILES string of the molecule is C/C(=C\C(=O)Sc1ccccc1)C(C)C. The zero-order chi connectivity index (χ0) is 11.3. The third-order valence-electron chi connectivity index (χ3n) is 2.22. The largest absolute Gasteiger partial charge is 0.282 e. The van der Waals surface area contributed by atoms with Gasteiger partial charge in [0.05, 0.1) is 0 Å². The van der Waals surface area contributed by atoms with Gasteiger partial charge in [-0.25, -0.2) is 0 Å². The fraction of sp³-hybridized carbons (Fsp3) is 0.308. The van der Waals surface area contributed by atoms with E-state index in [0.717, 1.165) is 10.5 Å². The molecule has 0 aliphatic heterocycles. The van der Waals surface area contributed by atoms with Crippen LogP contribution >= 0.6 is 11.8 Å². The fourth-order valence-corrected chi connectivity index (χ4v) is 1.76. The van der Waals surface area contributed by atoms with E-state index in [1.165, 1.54) is 11.8 Å². The van der Waals surface area contributed by atoms with Crippen molar-refractivity contribution in [2.24, 2.45) is 5.92 Å². The van der Waals surface area contributed by atoms with Crippen molar-refractivity contribution < 1.29 is 4.79 Å². The summed E-state index contributed by atoms with van der Waals surface area (Å²) in [6.45, 7) is 6.17. The monoisotopic (exact) mass is 220 g/mol. The lowest BCUT2D eigenvalue weighted by atomic mass is 10.1. The van der Waals surface area contributed by atoms with Crippen LogP contribution in [-0.4, -0.2) is 5.12 Å². The molecule has 1 aromatic rings. The maximum atomic E-state index is 11.6. The van der Waals surface area contributed by atoms with Crippen molar-refractivity contribution in [1.29, 1.82) is 0 Å². The molecule has 0 N–H and O–H groups in total. The number of hydrogen-bond donors (Lipinski definition) is 0. The molecule has 0 spiro atoms. The highest BCUT2D eigenvalue weighted by Crippen LogP contribution is 2.20. The molecule has 0 aromatic heterocycles. The zero-order valence-corrected chi connectivity index (χ0v) is 10.2. The van der Waals surface area contributed by atoms with E-state index < -0.39 is 0 Å². The van der Waals surface area contributed by atoms with Crippen molar-refractivity contribution in [3.05, 3.63) is 42.0 Å². The summed E-state index contributed by atoms with van der Waals surface area (Å²) in [4.78, 5) is 12.6.